The van der Waals surface area contributed by atoms with Crippen LogP contribution in [0.25, 0.3) is 0 Å². The van der Waals surface area contributed by atoms with Crippen molar-refractivity contribution in [2.75, 3.05) is 52.4 Å². The Balaban J connectivity index is -0.0000000369. The molecular weight excluding hydrogens is 256 g/mol. The van der Waals surface area contributed by atoms with Crippen LogP contribution < -0.4 is 45.9 Å². The van der Waals surface area contributed by atoms with E-state index in [1.54, 1.807) is 0 Å². The van der Waals surface area contributed by atoms with Crippen LogP contribution in [0.4, 0.5) is 0 Å². The van der Waals surface area contributed by atoms with E-state index >= 15 is 0 Å². The van der Waals surface area contributed by atoms with Gasteiger partial charge in [0.05, 0.1) is 0 Å². The van der Waals surface area contributed by atoms with E-state index in [0.717, 1.165) is 0 Å². The van der Waals surface area contributed by atoms with Crippen molar-refractivity contribution in [1.29, 1.82) is 0 Å². The summed E-state index contributed by atoms with van der Waals surface area (Å²) in [5, 5.41) is 0. The van der Waals surface area contributed by atoms with Crippen LogP contribution in [0, 0.1) is 0 Å². The van der Waals surface area contributed by atoms with Crippen molar-refractivity contribution in [3.8, 4) is 0 Å². The predicted molar refractivity (Wildman–Crippen MR) is 72.4 cm³/mol. The minimum absolute atomic E-state index is 0. The maximum atomic E-state index is 4.90. The van der Waals surface area contributed by atoms with Crippen molar-refractivity contribution in [3.63, 3.8) is 0 Å². The van der Waals surface area contributed by atoms with Gasteiger partial charge in [-0.05, 0) is 0 Å². The van der Waals surface area contributed by atoms with Gasteiger partial charge in [-0.1, -0.05) is 0 Å². The monoisotopic (exact) mass is 288 g/mol. The molecule has 0 aliphatic carbocycles. The van der Waals surface area contributed by atoms with E-state index in [2.05, 4.69) is 0 Å². The van der Waals surface area contributed by atoms with Crippen molar-refractivity contribution in [3.05, 3.63) is 0 Å². The zero-order valence-electron chi connectivity index (χ0n) is 10.8. The quantitative estimate of drug-likeness (QED) is 0.236. The molecule has 0 heterocycles. The Morgan fingerprint density at radius 3 is 0.353 bits per heavy atom. The molecule has 0 fully saturated rings. The third kappa shape index (κ3) is 176. The van der Waals surface area contributed by atoms with Crippen LogP contribution in [0.5, 0.6) is 0 Å². The van der Waals surface area contributed by atoms with Gasteiger partial charge in [-0.2, -0.15) is 0 Å². The number of rotatable bonds is 4. The van der Waals surface area contributed by atoms with Crippen LogP contribution in [0.15, 0.2) is 0 Å². The Morgan fingerprint density at radius 2 is 0.353 bits per heavy atom. The van der Waals surface area contributed by atoms with E-state index in [4.69, 9.17) is 45.9 Å². The second kappa shape index (κ2) is 55.1. The summed E-state index contributed by atoms with van der Waals surface area (Å²) < 4.78 is 0. The van der Waals surface area contributed by atoms with E-state index in [0.29, 0.717) is 52.4 Å². The van der Waals surface area contributed by atoms with Gasteiger partial charge in [0, 0.05) is 74.1 Å². The van der Waals surface area contributed by atoms with Crippen LogP contribution in [0.2, 0.25) is 0 Å². The maximum Gasteiger partial charge on any atom is 0.00461 e. The van der Waals surface area contributed by atoms with Crippen molar-refractivity contribution in [2.24, 2.45) is 45.9 Å². The van der Waals surface area contributed by atoms with Gasteiger partial charge < -0.3 is 45.9 Å². The number of hydrogen-bond donors (Lipinski definition) is 8. The molecule has 0 aromatic rings. The molecule has 0 saturated carbocycles. The summed E-state index contributed by atoms with van der Waals surface area (Å²) in [5.74, 6) is 0. The zero-order valence-corrected chi connectivity index (χ0v) is 12.3. The van der Waals surface area contributed by atoms with Crippen molar-refractivity contribution in [2.45, 2.75) is 0 Å². The molecule has 0 atom stereocenters. The standard InChI is InChI=1S/4C2H8N2.Ti/c4*3-1-2-4;/h4*1-4H2;. The average Bonchev–Trinajstić information content (AvgIpc) is 2.39. The Bertz CT molecular complexity index is 45.5. The Hall–Kier alpha value is 0.394. The molecule has 0 rings (SSSR count). The van der Waals surface area contributed by atoms with Crippen molar-refractivity contribution in [1.82, 2.24) is 0 Å². The topological polar surface area (TPSA) is 208 Å². The third-order valence-corrected chi connectivity index (χ3v) is 0.667. The van der Waals surface area contributed by atoms with Crippen LogP contribution in [-0.2, 0) is 21.7 Å². The van der Waals surface area contributed by atoms with Gasteiger partial charge in [-0.3, -0.25) is 0 Å². The SMILES string of the molecule is NCCN.NCCN.NCCN.NCCN.[Ti]. The maximum absolute atomic E-state index is 4.90. The molecule has 0 aromatic carbocycles. The zero-order chi connectivity index (χ0) is 13.7. The molecule has 0 amide bonds. The Labute approximate surface area is 120 Å². The van der Waals surface area contributed by atoms with Gasteiger partial charge in [0.1, 0.15) is 0 Å². The largest absolute Gasteiger partial charge is 0.329 e. The first-order valence-corrected chi connectivity index (χ1v) is 5.27. The molecule has 0 unspecified atom stereocenters. The molecule has 108 valence electrons. The van der Waals surface area contributed by atoms with Crippen molar-refractivity contribution >= 4 is 0 Å². The smallest absolute Gasteiger partial charge is 0.00461 e. The second-order valence-electron chi connectivity index (χ2n) is 2.31. The van der Waals surface area contributed by atoms with Crippen molar-refractivity contribution < 1.29 is 21.7 Å². The first kappa shape index (κ1) is 30.4. The molecule has 16 N–H and O–H groups in total. The van der Waals surface area contributed by atoms with Crippen LogP contribution in [0.3, 0.4) is 0 Å². The summed E-state index contributed by atoms with van der Waals surface area (Å²) in [6.45, 7) is 4.78. The van der Waals surface area contributed by atoms with E-state index < -0.39 is 0 Å². The molecule has 0 aliphatic heterocycles. The minimum Gasteiger partial charge on any atom is -0.329 e. The Morgan fingerprint density at radius 1 is 0.294 bits per heavy atom. The minimum atomic E-state index is 0. The molecule has 9 heteroatoms. The Kier molecular flexibility index (Phi) is 98.7. The molecule has 0 spiro atoms. The van der Waals surface area contributed by atoms with Crippen LogP contribution >= 0.6 is 0 Å². The summed E-state index contributed by atoms with van der Waals surface area (Å²) in [7, 11) is 0. The fraction of sp³-hybridized carbons (Fsp3) is 1.00. The number of nitrogens with two attached hydrogens (primary N) is 8. The fourth-order valence-electron chi connectivity index (χ4n) is 0. The average molecular weight is 288 g/mol. The first-order chi connectivity index (χ1) is 7.66. The van der Waals surface area contributed by atoms with Crippen LogP contribution in [0.1, 0.15) is 0 Å². The van der Waals surface area contributed by atoms with E-state index in [-0.39, 0.29) is 21.7 Å². The van der Waals surface area contributed by atoms with Gasteiger partial charge in [-0.25, -0.2) is 0 Å². The summed E-state index contributed by atoms with van der Waals surface area (Å²) in [4.78, 5) is 0. The molecule has 0 saturated heterocycles. The molecule has 0 aliphatic rings. The summed E-state index contributed by atoms with van der Waals surface area (Å²) in [6.07, 6.45) is 0. The summed E-state index contributed by atoms with van der Waals surface area (Å²) >= 11 is 0. The van der Waals surface area contributed by atoms with Gasteiger partial charge in [0.2, 0.25) is 0 Å². The predicted octanol–water partition coefficient (Wildman–Crippen LogP) is -4.39. The second-order valence-corrected chi connectivity index (χ2v) is 2.31. The van der Waals surface area contributed by atoms with Gasteiger partial charge in [0.25, 0.3) is 0 Å². The summed E-state index contributed by atoms with van der Waals surface area (Å²) in [5.41, 5.74) is 39.2. The van der Waals surface area contributed by atoms with Crippen LogP contribution in [-0.4, -0.2) is 52.4 Å². The van der Waals surface area contributed by atoms with E-state index in [1.165, 1.54) is 0 Å². The molecule has 8 nitrogen and oxygen atoms in total. The molecule has 17 heavy (non-hydrogen) atoms. The fourth-order valence-corrected chi connectivity index (χ4v) is 0. The molecular formula is C8H32N8Ti. The van der Waals surface area contributed by atoms with Gasteiger partial charge >= 0.3 is 0 Å². The van der Waals surface area contributed by atoms with E-state index in [1.807, 2.05) is 0 Å². The van der Waals surface area contributed by atoms with Gasteiger partial charge in [-0.15, -0.1) is 0 Å². The molecule has 0 bridgehead atoms. The normalized spacial score (nSPS) is 7.06. The molecule has 0 radical (unpaired) electrons. The first-order valence-electron chi connectivity index (χ1n) is 5.27. The number of hydrogen-bond acceptors (Lipinski definition) is 8. The summed E-state index contributed by atoms with van der Waals surface area (Å²) in [6, 6.07) is 0. The van der Waals surface area contributed by atoms with Gasteiger partial charge in [0.15, 0.2) is 0 Å². The molecule has 0 aromatic heterocycles. The third-order valence-electron chi connectivity index (χ3n) is 0.667. The van der Waals surface area contributed by atoms with E-state index in [9.17, 15) is 0 Å².